The van der Waals surface area contributed by atoms with Crippen molar-refractivity contribution in [2.45, 2.75) is 12.5 Å². The zero-order chi connectivity index (χ0) is 25.9. The van der Waals surface area contributed by atoms with Gasteiger partial charge in [0.25, 0.3) is 0 Å². The number of pyridine rings is 1. The van der Waals surface area contributed by atoms with E-state index in [9.17, 15) is 9.18 Å². The maximum absolute atomic E-state index is 13.8. The monoisotopic (exact) mass is 501 g/mol. The van der Waals surface area contributed by atoms with Crippen LogP contribution in [-0.4, -0.2) is 53.7 Å². The lowest BCUT2D eigenvalue weighted by molar-refractivity contribution is -0.111. The summed E-state index contributed by atoms with van der Waals surface area (Å²) < 4.78 is 27.6. The second-order valence-electron chi connectivity index (χ2n) is 8.95. The lowest BCUT2D eigenvalue weighted by Gasteiger charge is -2.20. The Labute approximate surface area is 214 Å². The molecular formula is C28H28FN5O3. The Bertz CT molecular complexity index is 1470. The SMILES string of the molecule is C=CC(=O)Nc1cc(Nc2cc3c(ccn3-c3cccc(F)c3)cn2)c(OC)cc1OC1CCN(C)C1. The molecule has 5 rings (SSSR count). The molecule has 0 bridgehead atoms. The summed E-state index contributed by atoms with van der Waals surface area (Å²) in [5, 5.41) is 7.03. The Morgan fingerprint density at radius 3 is 2.78 bits per heavy atom. The lowest BCUT2D eigenvalue weighted by atomic mass is 10.2. The highest BCUT2D eigenvalue weighted by molar-refractivity contribution is 6.00. The van der Waals surface area contributed by atoms with E-state index in [0.29, 0.717) is 34.4 Å². The van der Waals surface area contributed by atoms with Gasteiger partial charge in [-0.05, 0) is 49.9 Å². The number of hydrogen-bond acceptors (Lipinski definition) is 6. The van der Waals surface area contributed by atoms with Crippen molar-refractivity contribution in [2.75, 3.05) is 37.9 Å². The van der Waals surface area contributed by atoms with E-state index in [0.717, 1.165) is 30.4 Å². The summed E-state index contributed by atoms with van der Waals surface area (Å²) >= 11 is 0. The second kappa shape index (κ2) is 10.3. The van der Waals surface area contributed by atoms with Gasteiger partial charge in [-0.15, -0.1) is 0 Å². The van der Waals surface area contributed by atoms with E-state index in [2.05, 4.69) is 27.1 Å². The Morgan fingerprint density at radius 2 is 2.05 bits per heavy atom. The molecule has 4 aromatic rings. The van der Waals surface area contributed by atoms with Crippen LogP contribution in [0, 0.1) is 5.82 Å². The molecular weight excluding hydrogens is 473 g/mol. The van der Waals surface area contributed by atoms with Crippen LogP contribution in [0.1, 0.15) is 6.42 Å². The molecule has 0 spiro atoms. The quantitative estimate of drug-likeness (QED) is 0.326. The molecule has 1 aliphatic rings. The number of carbonyl (C=O) groups excluding carboxylic acids is 1. The van der Waals surface area contributed by atoms with Crippen molar-refractivity contribution in [3.63, 3.8) is 0 Å². The molecule has 1 saturated heterocycles. The molecule has 1 fully saturated rings. The summed E-state index contributed by atoms with van der Waals surface area (Å²) in [4.78, 5) is 18.9. The van der Waals surface area contributed by atoms with Gasteiger partial charge < -0.3 is 29.6 Å². The fourth-order valence-electron chi connectivity index (χ4n) is 4.46. The van der Waals surface area contributed by atoms with Crippen molar-refractivity contribution in [1.82, 2.24) is 14.5 Å². The van der Waals surface area contributed by atoms with Gasteiger partial charge in [0.15, 0.2) is 0 Å². The van der Waals surface area contributed by atoms with Crippen LogP contribution in [0.3, 0.4) is 0 Å². The Kier molecular flexibility index (Phi) is 6.78. The van der Waals surface area contributed by atoms with Crippen LogP contribution < -0.4 is 20.1 Å². The number of methoxy groups -OCH3 is 1. The first-order valence-electron chi connectivity index (χ1n) is 11.9. The number of rotatable bonds is 8. The maximum Gasteiger partial charge on any atom is 0.247 e. The first-order chi connectivity index (χ1) is 17.9. The van der Waals surface area contributed by atoms with Gasteiger partial charge in [-0.2, -0.15) is 0 Å². The van der Waals surface area contributed by atoms with Gasteiger partial charge in [0.2, 0.25) is 5.91 Å². The van der Waals surface area contributed by atoms with Crippen molar-refractivity contribution in [1.29, 1.82) is 0 Å². The van der Waals surface area contributed by atoms with E-state index >= 15 is 0 Å². The molecule has 0 saturated carbocycles. The first-order valence-corrected chi connectivity index (χ1v) is 11.9. The van der Waals surface area contributed by atoms with E-state index in [4.69, 9.17) is 9.47 Å². The van der Waals surface area contributed by atoms with Gasteiger partial charge in [0, 0.05) is 48.7 Å². The highest BCUT2D eigenvalue weighted by Gasteiger charge is 2.23. The second-order valence-corrected chi connectivity index (χ2v) is 8.95. The third kappa shape index (κ3) is 5.26. The number of likely N-dealkylation sites (tertiary alicyclic amines) is 1. The van der Waals surface area contributed by atoms with Crippen LogP contribution in [-0.2, 0) is 4.79 Å². The maximum atomic E-state index is 13.8. The highest BCUT2D eigenvalue weighted by Crippen LogP contribution is 2.39. The van der Waals surface area contributed by atoms with Gasteiger partial charge in [0.05, 0.1) is 24.0 Å². The predicted octanol–water partition coefficient (Wildman–Crippen LogP) is 5.12. The van der Waals surface area contributed by atoms with Crippen LogP contribution in [0.4, 0.5) is 21.6 Å². The predicted molar refractivity (Wildman–Crippen MR) is 143 cm³/mol. The molecule has 3 heterocycles. The summed E-state index contributed by atoms with van der Waals surface area (Å²) in [6.45, 7) is 5.29. The van der Waals surface area contributed by atoms with E-state index in [1.165, 1.54) is 18.2 Å². The number of likely N-dealkylation sites (N-methyl/N-ethyl adjacent to an activating group) is 1. The van der Waals surface area contributed by atoms with Crippen LogP contribution >= 0.6 is 0 Å². The van der Waals surface area contributed by atoms with E-state index < -0.39 is 0 Å². The standard InChI is InChI=1S/C28H28FN5O3/c1-4-28(35)32-23-13-22(25(36-3)15-26(23)37-21-9-10-33(2)17-21)31-27-14-24-18(16-30-27)8-11-34(24)20-7-5-6-19(29)12-20/h4-8,11-16,21H,1,9-10,17H2,2-3H3,(H,30,31)(H,32,35). The molecule has 190 valence electrons. The molecule has 9 heteroatoms. The Balaban J connectivity index is 1.50. The normalized spacial score (nSPS) is 15.5. The van der Waals surface area contributed by atoms with E-state index in [-0.39, 0.29) is 17.8 Å². The number of carbonyl (C=O) groups is 1. The molecule has 1 atom stereocenters. The third-order valence-electron chi connectivity index (χ3n) is 6.31. The van der Waals surface area contributed by atoms with E-state index in [1.54, 1.807) is 31.5 Å². The largest absolute Gasteiger partial charge is 0.494 e. The molecule has 0 aliphatic carbocycles. The van der Waals surface area contributed by atoms with Crippen molar-refractivity contribution < 1.29 is 18.7 Å². The minimum atomic E-state index is -0.350. The van der Waals surface area contributed by atoms with Gasteiger partial charge >= 0.3 is 0 Å². The number of hydrogen-bond donors (Lipinski definition) is 2. The minimum Gasteiger partial charge on any atom is -0.494 e. The van der Waals surface area contributed by atoms with Crippen LogP contribution in [0.25, 0.3) is 16.6 Å². The molecule has 1 amide bonds. The number of nitrogens with one attached hydrogen (secondary N) is 2. The molecule has 2 N–H and O–H groups in total. The van der Waals surface area contributed by atoms with Crippen LogP contribution in [0.15, 0.2) is 73.6 Å². The summed E-state index contributed by atoms with van der Waals surface area (Å²) in [6, 6.07) is 13.7. The molecule has 2 aromatic carbocycles. The van der Waals surface area contributed by atoms with Gasteiger partial charge in [-0.25, -0.2) is 9.37 Å². The molecule has 1 aliphatic heterocycles. The average Bonchev–Trinajstić information content (AvgIpc) is 3.50. The number of aromatic nitrogens is 2. The van der Waals surface area contributed by atoms with Gasteiger partial charge in [0.1, 0.15) is 29.2 Å². The third-order valence-corrected chi connectivity index (χ3v) is 6.31. The van der Waals surface area contributed by atoms with Crippen molar-refractivity contribution in [3.05, 3.63) is 79.4 Å². The molecule has 0 radical (unpaired) electrons. The number of anilines is 3. The number of nitrogens with zero attached hydrogens (tertiary/aromatic N) is 3. The number of fused-ring (bicyclic) bond motifs is 1. The average molecular weight is 502 g/mol. The van der Waals surface area contributed by atoms with Crippen LogP contribution in [0.5, 0.6) is 11.5 Å². The molecule has 2 aromatic heterocycles. The number of benzene rings is 2. The van der Waals surface area contributed by atoms with E-state index in [1.807, 2.05) is 36.0 Å². The topological polar surface area (TPSA) is 80.7 Å². The number of halogens is 1. The summed E-state index contributed by atoms with van der Waals surface area (Å²) in [5.74, 6) is 0.935. The van der Waals surface area contributed by atoms with Crippen molar-refractivity contribution in [3.8, 4) is 17.2 Å². The fraction of sp³-hybridized carbons (Fsp3) is 0.214. The van der Waals surface area contributed by atoms with Gasteiger partial charge in [-0.1, -0.05) is 12.6 Å². The summed E-state index contributed by atoms with van der Waals surface area (Å²) in [5.41, 5.74) is 2.64. The number of ether oxygens (including phenoxy) is 2. The fourth-order valence-corrected chi connectivity index (χ4v) is 4.46. The minimum absolute atomic E-state index is 0.00702. The van der Waals surface area contributed by atoms with Crippen molar-refractivity contribution in [2.24, 2.45) is 0 Å². The Morgan fingerprint density at radius 1 is 1.19 bits per heavy atom. The zero-order valence-corrected chi connectivity index (χ0v) is 20.7. The summed E-state index contributed by atoms with van der Waals surface area (Å²) in [7, 11) is 3.62. The highest BCUT2D eigenvalue weighted by atomic mass is 19.1. The van der Waals surface area contributed by atoms with Gasteiger partial charge in [-0.3, -0.25) is 4.79 Å². The van der Waals surface area contributed by atoms with Crippen LogP contribution in [0.2, 0.25) is 0 Å². The molecule has 8 nitrogen and oxygen atoms in total. The molecule has 37 heavy (non-hydrogen) atoms. The molecule has 1 unspecified atom stereocenters. The zero-order valence-electron chi connectivity index (χ0n) is 20.7. The smallest absolute Gasteiger partial charge is 0.247 e. The summed E-state index contributed by atoms with van der Waals surface area (Å²) in [6.07, 6.45) is 5.73. The number of amides is 1. The van der Waals surface area contributed by atoms with Crippen molar-refractivity contribution >= 4 is 34.0 Å². The lowest BCUT2D eigenvalue weighted by Crippen LogP contribution is -2.22. The Hall–Kier alpha value is -4.37. The first kappa shape index (κ1) is 24.3.